The Kier molecular flexibility index (Phi) is 7.17. The summed E-state index contributed by atoms with van der Waals surface area (Å²) in [4.78, 5) is 0. The summed E-state index contributed by atoms with van der Waals surface area (Å²) >= 11 is 43.5. The van der Waals surface area contributed by atoms with E-state index in [-0.39, 0.29) is 20.1 Å². The van der Waals surface area contributed by atoms with Crippen molar-refractivity contribution < 1.29 is 9.47 Å². The highest BCUT2D eigenvalue weighted by atomic mass is 35.6. The van der Waals surface area contributed by atoms with E-state index in [1.54, 1.807) is 24.3 Å². The van der Waals surface area contributed by atoms with Gasteiger partial charge in [-0.3, -0.25) is 0 Å². The molecule has 9 heteroatoms. The molecule has 0 unspecified atom stereocenters. The summed E-state index contributed by atoms with van der Waals surface area (Å²) in [6.45, 7) is 0. The number of benzene rings is 2. The van der Waals surface area contributed by atoms with Crippen LogP contribution in [0.15, 0.2) is 24.3 Å². The standard InChI is InChI=1S/C16H11Cl7O2/c1-24-14-9(17)3-7(4-10(14)18)13(16(21,22)23)8-5-11(19)15(25-2)12(20)6-8/h3-6,13H,1-2H3. The number of hydrogen-bond acceptors (Lipinski definition) is 2. The monoisotopic (exact) mass is 480 g/mol. The average molecular weight is 483 g/mol. The fraction of sp³-hybridized carbons (Fsp3) is 0.250. The second kappa shape index (κ2) is 8.39. The summed E-state index contributed by atoms with van der Waals surface area (Å²) in [5.41, 5.74) is 1.13. The molecule has 2 aromatic carbocycles. The fourth-order valence-electron chi connectivity index (χ4n) is 2.45. The van der Waals surface area contributed by atoms with Crippen molar-refractivity contribution >= 4 is 81.2 Å². The molecule has 2 rings (SSSR count). The number of hydrogen-bond donors (Lipinski definition) is 0. The van der Waals surface area contributed by atoms with Gasteiger partial charge >= 0.3 is 0 Å². The quantitative estimate of drug-likeness (QED) is 0.413. The highest BCUT2D eigenvalue weighted by molar-refractivity contribution is 6.68. The van der Waals surface area contributed by atoms with Crippen LogP contribution in [0.1, 0.15) is 17.0 Å². The van der Waals surface area contributed by atoms with E-state index in [1.807, 2.05) is 0 Å². The lowest BCUT2D eigenvalue weighted by Gasteiger charge is -2.27. The van der Waals surface area contributed by atoms with Gasteiger partial charge in [0.15, 0.2) is 11.5 Å². The van der Waals surface area contributed by atoms with Crippen molar-refractivity contribution in [2.24, 2.45) is 0 Å². The van der Waals surface area contributed by atoms with Gasteiger partial charge in [-0.1, -0.05) is 81.2 Å². The van der Waals surface area contributed by atoms with Gasteiger partial charge in [0, 0.05) is 0 Å². The Morgan fingerprint density at radius 3 is 1.16 bits per heavy atom. The van der Waals surface area contributed by atoms with Crippen molar-refractivity contribution in [2.45, 2.75) is 9.71 Å². The predicted molar refractivity (Wildman–Crippen MR) is 108 cm³/mol. The van der Waals surface area contributed by atoms with Crippen molar-refractivity contribution in [3.05, 3.63) is 55.5 Å². The normalized spacial score (nSPS) is 11.8. The van der Waals surface area contributed by atoms with Crippen molar-refractivity contribution in [3.8, 4) is 11.5 Å². The van der Waals surface area contributed by atoms with E-state index in [0.29, 0.717) is 22.6 Å². The molecule has 25 heavy (non-hydrogen) atoms. The maximum atomic E-state index is 6.22. The molecule has 0 radical (unpaired) electrons. The SMILES string of the molecule is COc1c(Cl)cc(C(c2cc(Cl)c(OC)c(Cl)c2)C(Cl)(Cl)Cl)cc1Cl. The van der Waals surface area contributed by atoms with Crippen molar-refractivity contribution in [3.63, 3.8) is 0 Å². The molecule has 0 spiro atoms. The molecule has 0 aromatic heterocycles. The first-order valence-electron chi connectivity index (χ1n) is 6.72. The van der Waals surface area contributed by atoms with E-state index in [4.69, 9.17) is 90.7 Å². The maximum Gasteiger partial charge on any atom is 0.201 e. The molecule has 0 heterocycles. The first kappa shape index (κ1) is 21.4. The maximum absolute atomic E-state index is 6.22. The Balaban J connectivity index is 2.67. The van der Waals surface area contributed by atoms with Crippen LogP contribution in [0.2, 0.25) is 20.1 Å². The highest BCUT2D eigenvalue weighted by Crippen LogP contribution is 2.50. The van der Waals surface area contributed by atoms with Gasteiger partial charge < -0.3 is 9.47 Å². The third-order valence-corrected chi connectivity index (χ3v) is 5.22. The molecular formula is C16H11Cl7O2. The second-order valence-electron chi connectivity index (χ2n) is 5.01. The zero-order valence-electron chi connectivity index (χ0n) is 12.8. The van der Waals surface area contributed by atoms with Crippen LogP contribution in [-0.2, 0) is 0 Å². The van der Waals surface area contributed by atoms with E-state index in [0.717, 1.165) is 0 Å². The highest BCUT2D eigenvalue weighted by Gasteiger charge is 2.37. The topological polar surface area (TPSA) is 18.5 Å². The molecule has 136 valence electrons. The molecule has 0 aliphatic heterocycles. The van der Waals surface area contributed by atoms with Crippen LogP contribution in [0.3, 0.4) is 0 Å². The van der Waals surface area contributed by atoms with Gasteiger partial charge in [-0.05, 0) is 35.4 Å². The third kappa shape index (κ3) is 4.68. The number of alkyl halides is 3. The summed E-state index contributed by atoms with van der Waals surface area (Å²) in [7, 11) is 2.92. The predicted octanol–water partition coefficient (Wildman–Crippen LogP) is 7.82. The van der Waals surface area contributed by atoms with Gasteiger partial charge in [0.25, 0.3) is 0 Å². The van der Waals surface area contributed by atoms with Crippen molar-refractivity contribution in [1.82, 2.24) is 0 Å². The Labute approximate surface area is 180 Å². The summed E-state index contributed by atoms with van der Waals surface area (Å²) < 4.78 is 8.58. The molecular weight excluding hydrogens is 472 g/mol. The second-order valence-corrected chi connectivity index (χ2v) is 9.01. The zero-order chi connectivity index (χ0) is 18.9. The Bertz CT molecular complexity index is 681. The first-order chi connectivity index (χ1) is 11.6. The lowest BCUT2D eigenvalue weighted by atomic mass is 9.92. The minimum absolute atomic E-state index is 0.287. The molecule has 2 nitrogen and oxygen atoms in total. The number of halogens is 7. The summed E-state index contributed by atoms with van der Waals surface area (Å²) in [6.07, 6.45) is 0. The minimum atomic E-state index is -1.72. The molecule has 0 N–H and O–H groups in total. The van der Waals surface area contributed by atoms with Crippen LogP contribution in [0.25, 0.3) is 0 Å². The van der Waals surface area contributed by atoms with E-state index in [1.165, 1.54) is 14.2 Å². The molecule has 2 aromatic rings. The largest absolute Gasteiger partial charge is 0.494 e. The van der Waals surface area contributed by atoms with Crippen molar-refractivity contribution in [2.75, 3.05) is 14.2 Å². The van der Waals surface area contributed by atoms with Crippen molar-refractivity contribution in [1.29, 1.82) is 0 Å². The van der Waals surface area contributed by atoms with Gasteiger partial charge in [0.1, 0.15) is 0 Å². The minimum Gasteiger partial charge on any atom is -0.494 e. The van der Waals surface area contributed by atoms with Crippen LogP contribution < -0.4 is 9.47 Å². The van der Waals surface area contributed by atoms with Crippen LogP contribution in [0.5, 0.6) is 11.5 Å². The van der Waals surface area contributed by atoms with Gasteiger partial charge in [-0.15, -0.1) is 0 Å². The molecule has 0 aliphatic rings. The van der Waals surface area contributed by atoms with E-state index < -0.39 is 9.71 Å². The smallest absolute Gasteiger partial charge is 0.201 e. The van der Waals surface area contributed by atoms with E-state index in [2.05, 4.69) is 0 Å². The molecule has 0 bridgehead atoms. The summed E-state index contributed by atoms with van der Waals surface area (Å²) in [5, 5.41) is 1.15. The van der Waals surface area contributed by atoms with Gasteiger partial charge in [0.2, 0.25) is 3.79 Å². The Morgan fingerprint density at radius 1 is 0.680 bits per heavy atom. The molecule has 0 aliphatic carbocycles. The van der Waals surface area contributed by atoms with Crippen LogP contribution in [0.4, 0.5) is 0 Å². The number of ether oxygens (including phenoxy) is 2. The van der Waals surface area contributed by atoms with Gasteiger partial charge in [-0.25, -0.2) is 0 Å². The lowest BCUT2D eigenvalue weighted by Crippen LogP contribution is -2.19. The van der Waals surface area contributed by atoms with Gasteiger partial charge in [0.05, 0.1) is 40.2 Å². The van der Waals surface area contributed by atoms with E-state index >= 15 is 0 Å². The summed E-state index contributed by atoms with van der Waals surface area (Å²) in [6, 6.07) is 6.46. The number of rotatable bonds is 4. The Morgan fingerprint density at radius 2 is 0.960 bits per heavy atom. The molecule has 0 saturated heterocycles. The first-order valence-corrected chi connectivity index (χ1v) is 9.37. The average Bonchev–Trinajstić information content (AvgIpc) is 2.45. The van der Waals surface area contributed by atoms with Crippen LogP contribution in [-0.4, -0.2) is 18.0 Å². The lowest BCUT2D eigenvalue weighted by molar-refractivity contribution is 0.415. The molecule has 0 atom stereocenters. The van der Waals surface area contributed by atoms with Gasteiger partial charge in [-0.2, -0.15) is 0 Å². The Hall–Kier alpha value is 0.0700. The molecule has 0 fully saturated rings. The molecule has 0 saturated carbocycles. The molecule has 0 amide bonds. The van der Waals surface area contributed by atoms with Crippen LogP contribution in [0, 0.1) is 0 Å². The van der Waals surface area contributed by atoms with E-state index in [9.17, 15) is 0 Å². The summed E-state index contributed by atoms with van der Waals surface area (Å²) in [5.74, 6) is -0.0683. The zero-order valence-corrected chi connectivity index (χ0v) is 18.1. The number of methoxy groups -OCH3 is 2. The van der Waals surface area contributed by atoms with Crippen LogP contribution >= 0.6 is 81.2 Å². The fourth-order valence-corrected chi connectivity index (χ4v) is 4.53. The third-order valence-electron chi connectivity index (χ3n) is 3.44.